The van der Waals surface area contributed by atoms with E-state index in [9.17, 15) is 8.42 Å². The van der Waals surface area contributed by atoms with Crippen molar-refractivity contribution in [1.82, 2.24) is 24.1 Å². The molecule has 0 spiro atoms. The molecule has 0 amide bonds. The zero-order valence-electron chi connectivity index (χ0n) is 14.3. The maximum absolute atomic E-state index is 12.7. The van der Waals surface area contributed by atoms with Gasteiger partial charge in [-0.1, -0.05) is 25.2 Å². The summed E-state index contributed by atoms with van der Waals surface area (Å²) in [7, 11) is -1.74. The Morgan fingerprint density at radius 1 is 1.17 bits per heavy atom. The number of nitrogens with zero attached hydrogens (tertiary/aromatic N) is 6. The van der Waals surface area contributed by atoms with Crippen molar-refractivity contribution in [1.29, 1.82) is 0 Å². The summed E-state index contributed by atoms with van der Waals surface area (Å²) in [6.45, 7) is 8.03. The smallest absolute Gasteiger partial charge is 0.262 e. The van der Waals surface area contributed by atoms with Crippen LogP contribution in [-0.2, 0) is 17.1 Å². The molecule has 0 saturated carbocycles. The first-order valence-electron chi connectivity index (χ1n) is 7.87. The summed E-state index contributed by atoms with van der Waals surface area (Å²) in [5.74, 6) is 1.03. The molecule has 1 fully saturated rings. The van der Waals surface area contributed by atoms with E-state index in [1.807, 2.05) is 0 Å². The molecular formula is C14H22N6O2S2. The minimum atomic E-state index is -3.54. The monoisotopic (exact) mass is 370 g/mol. The molecule has 0 atom stereocenters. The van der Waals surface area contributed by atoms with Gasteiger partial charge in [0.1, 0.15) is 10.8 Å². The van der Waals surface area contributed by atoms with Crippen LogP contribution in [0.3, 0.4) is 0 Å². The van der Waals surface area contributed by atoms with Gasteiger partial charge in [0.25, 0.3) is 10.0 Å². The van der Waals surface area contributed by atoms with Crippen LogP contribution >= 0.6 is 11.3 Å². The highest BCUT2D eigenvalue weighted by Crippen LogP contribution is 2.27. The zero-order valence-corrected chi connectivity index (χ0v) is 15.9. The second kappa shape index (κ2) is 6.41. The van der Waals surface area contributed by atoms with Crippen molar-refractivity contribution in [2.75, 3.05) is 31.1 Å². The fraction of sp³-hybridized carbons (Fsp3) is 0.643. The average Bonchev–Trinajstić information content (AvgIpc) is 3.16. The molecule has 0 unspecified atom stereocenters. The van der Waals surface area contributed by atoms with Gasteiger partial charge in [0.15, 0.2) is 5.03 Å². The SMILES string of the molecule is Cc1nc(S(=O)(=O)N2CCN(c3nnc(C(C)C)s3)CC2)cn1C. The summed E-state index contributed by atoms with van der Waals surface area (Å²) >= 11 is 1.58. The van der Waals surface area contributed by atoms with Crippen LogP contribution in [0, 0.1) is 6.92 Å². The lowest BCUT2D eigenvalue weighted by Gasteiger charge is -2.33. The van der Waals surface area contributed by atoms with Crippen LogP contribution in [0.5, 0.6) is 0 Å². The molecule has 24 heavy (non-hydrogen) atoms. The summed E-state index contributed by atoms with van der Waals surface area (Å²) in [6, 6.07) is 0. The molecule has 2 aromatic heterocycles. The molecule has 8 nitrogen and oxygen atoms in total. The first kappa shape index (κ1) is 17.3. The molecule has 0 bridgehead atoms. The second-order valence-corrected chi connectivity index (χ2v) is 9.08. The van der Waals surface area contributed by atoms with E-state index in [0.29, 0.717) is 37.9 Å². The van der Waals surface area contributed by atoms with Crippen molar-refractivity contribution in [3.05, 3.63) is 17.0 Å². The summed E-state index contributed by atoms with van der Waals surface area (Å²) in [5, 5.41) is 10.4. The Bertz CT molecular complexity index is 799. The zero-order chi connectivity index (χ0) is 17.5. The number of hydrogen-bond acceptors (Lipinski definition) is 7. The van der Waals surface area contributed by atoms with E-state index in [2.05, 4.69) is 33.9 Å². The van der Waals surface area contributed by atoms with Gasteiger partial charge in [-0.15, -0.1) is 10.2 Å². The van der Waals surface area contributed by atoms with Gasteiger partial charge in [-0.25, -0.2) is 13.4 Å². The maximum Gasteiger partial charge on any atom is 0.262 e. The molecule has 1 saturated heterocycles. The molecular weight excluding hydrogens is 348 g/mol. The molecule has 1 aliphatic rings. The van der Waals surface area contributed by atoms with E-state index >= 15 is 0 Å². The minimum absolute atomic E-state index is 0.119. The third-order valence-corrected chi connectivity index (χ3v) is 7.18. The van der Waals surface area contributed by atoms with Gasteiger partial charge >= 0.3 is 0 Å². The largest absolute Gasteiger partial charge is 0.344 e. The lowest BCUT2D eigenvalue weighted by Crippen LogP contribution is -2.48. The highest BCUT2D eigenvalue weighted by molar-refractivity contribution is 7.89. The highest BCUT2D eigenvalue weighted by atomic mass is 32.2. The van der Waals surface area contributed by atoms with Crippen LogP contribution in [-0.4, -0.2) is 58.7 Å². The Balaban J connectivity index is 1.70. The number of piperazine rings is 1. The van der Waals surface area contributed by atoms with Crippen molar-refractivity contribution < 1.29 is 8.42 Å². The first-order chi connectivity index (χ1) is 11.3. The van der Waals surface area contributed by atoms with E-state index in [0.717, 1.165) is 10.1 Å². The number of sulfonamides is 1. The molecule has 10 heteroatoms. The van der Waals surface area contributed by atoms with E-state index in [-0.39, 0.29) is 5.03 Å². The van der Waals surface area contributed by atoms with Gasteiger partial charge in [0.2, 0.25) is 5.13 Å². The van der Waals surface area contributed by atoms with Crippen LogP contribution in [0.25, 0.3) is 0 Å². The quantitative estimate of drug-likeness (QED) is 0.804. The normalized spacial score (nSPS) is 17.0. The van der Waals surface area contributed by atoms with Gasteiger partial charge in [0, 0.05) is 45.3 Å². The van der Waals surface area contributed by atoms with Gasteiger partial charge in [-0.05, 0) is 6.92 Å². The molecule has 132 valence electrons. The predicted molar refractivity (Wildman–Crippen MR) is 92.9 cm³/mol. The van der Waals surface area contributed by atoms with E-state index in [1.54, 1.807) is 36.1 Å². The van der Waals surface area contributed by atoms with Crippen molar-refractivity contribution in [2.45, 2.75) is 31.7 Å². The van der Waals surface area contributed by atoms with Gasteiger partial charge in [0.05, 0.1) is 0 Å². The van der Waals surface area contributed by atoms with E-state index in [4.69, 9.17) is 0 Å². The Labute approximate surface area is 146 Å². The first-order valence-corrected chi connectivity index (χ1v) is 10.1. The number of aryl methyl sites for hydroxylation is 2. The van der Waals surface area contributed by atoms with Crippen molar-refractivity contribution in [3.8, 4) is 0 Å². The number of imidazole rings is 1. The van der Waals surface area contributed by atoms with E-state index < -0.39 is 10.0 Å². The van der Waals surface area contributed by atoms with Gasteiger partial charge in [-0.2, -0.15) is 4.31 Å². The fourth-order valence-corrected chi connectivity index (χ4v) is 4.84. The number of rotatable bonds is 4. The van der Waals surface area contributed by atoms with Crippen LogP contribution in [0.1, 0.15) is 30.6 Å². The highest BCUT2D eigenvalue weighted by Gasteiger charge is 2.31. The lowest BCUT2D eigenvalue weighted by atomic mass is 10.2. The average molecular weight is 371 g/mol. The third kappa shape index (κ3) is 3.17. The molecule has 0 aliphatic carbocycles. The molecule has 3 heterocycles. The number of hydrogen-bond donors (Lipinski definition) is 0. The minimum Gasteiger partial charge on any atom is -0.344 e. The molecule has 2 aromatic rings. The standard InChI is InChI=1S/C14H22N6O2S2/c1-10(2)13-16-17-14(23-13)19-5-7-20(8-6-19)24(21,22)12-9-18(4)11(3)15-12/h9-10H,5-8H2,1-4H3. The molecule has 0 radical (unpaired) electrons. The third-order valence-electron chi connectivity index (χ3n) is 4.12. The Morgan fingerprint density at radius 2 is 1.83 bits per heavy atom. The van der Waals surface area contributed by atoms with Crippen LogP contribution in [0.4, 0.5) is 5.13 Å². The topological polar surface area (TPSA) is 84.2 Å². The van der Waals surface area contributed by atoms with Crippen LogP contribution < -0.4 is 4.90 Å². The van der Waals surface area contributed by atoms with E-state index in [1.165, 1.54) is 4.31 Å². The predicted octanol–water partition coefficient (Wildman–Crippen LogP) is 1.21. The van der Waals surface area contributed by atoms with Gasteiger partial charge in [-0.3, -0.25) is 0 Å². The van der Waals surface area contributed by atoms with Crippen molar-refractivity contribution in [2.24, 2.45) is 7.05 Å². The second-order valence-electron chi connectivity index (χ2n) is 6.21. The molecule has 0 N–H and O–H groups in total. The summed E-state index contributed by atoms with van der Waals surface area (Å²) < 4.78 is 28.6. The maximum atomic E-state index is 12.7. The fourth-order valence-electron chi connectivity index (χ4n) is 2.49. The summed E-state index contributed by atoms with van der Waals surface area (Å²) in [6.07, 6.45) is 1.57. The lowest BCUT2D eigenvalue weighted by molar-refractivity contribution is 0.383. The molecule has 3 rings (SSSR count). The number of aromatic nitrogens is 4. The summed E-state index contributed by atoms with van der Waals surface area (Å²) in [5.41, 5.74) is 0. The molecule has 1 aliphatic heterocycles. The number of anilines is 1. The van der Waals surface area contributed by atoms with Crippen LogP contribution in [0.15, 0.2) is 11.2 Å². The summed E-state index contributed by atoms with van der Waals surface area (Å²) in [4.78, 5) is 6.25. The Morgan fingerprint density at radius 3 is 2.33 bits per heavy atom. The Kier molecular flexibility index (Phi) is 4.63. The van der Waals surface area contributed by atoms with Gasteiger partial charge < -0.3 is 9.47 Å². The van der Waals surface area contributed by atoms with Crippen molar-refractivity contribution in [3.63, 3.8) is 0 Å². The van der Waals surface area contributed by atoms with Crippen molar-refractivity contribution >= 4 is 26.5 Å². The Hall–Kier alpha value is -1.52. The van der Waals surface area contributed by atoms with Crippen LogP contribution in [0.2, 0.25) is 0 Å². The molecule has 0 aromatic carbocycles.